The maximum atomic E-state index is 12.4. The van der Waals surface area contributed by atoms with E-state index in [2.05, 4.69) is 30.8 Å². The van der Waals surface area contributed by atoms with Crippen LogP contribution in [-0.4, -0.2) is 25.0 Å². The van der Waals surface area contributed by atoms with Gasteiger partial charge in [-0.05, 0) is 49.1 Å². The van der Waals surface area contributed by atoms with Crippen molar-refractivity contribution >= 4 is 23.2 Å². The van der Waals surface area contributed by atoms with E-state index in [-0.39, 0.29) is 24.3 Å². The molecule has 1 amide bonds. The zero-order chi connectivity index (χ0) is 17.2. The van der Waals surface area contributed by atoms with Crippen molar-refractivity contribution < 1.29 is 14.3 Å². The molecule has 1 aliphatic carbocycles. The van der Waals surface area contributed by atoms with Crippen molar-refractivity contribution in [3.05, 3.63) is 21.4 Å². The number of carbonyl (C=O) groups is 2. The molecule has 0 aliphatic heterocycles. The van der Waals surface area contributed by atoms with Gasteiger partial charge in [-0.1, -0.05) is 20.8 Å². The van der Waals surface area contributed by atoms with Gasteiger partial charge in [0.05, 0.1) is 18.4 Å². The van der Waals surface area contributed by atoms with Gasteiger partial charge in [0.1, 0.15) is 0 Å². The van der Waals surface area contributed by atoms with E-state index >= 15 is 0 Å². The number of methoxy groups -OCH3 is 1. The Balaban J connectivity index is 2.02. The maximum absolute atomic E-state index is 12.4. The molecule has 1 aliphatic rings. The van der Waals surface area contributed by atoms with Crippen LogP contribution in [0.25, 0.3) is 0 Å². The van der Waals surface area contributed by atoms with Gasteiger partial charge in [-0.2, -0.15) is 0 Å². The van der Waals surface area contributed by atoms with Gasteiger partial charge in [0.25, 0.3) is 5.91 Å². The quantitative estimate of drug-likeness (QED) is 0.854. The molecule has 0 aromatic carbocycles. The van der Waals surface area contributed by atoms with Gasteiger partial charge >= 0.3 is 5.97 Å². The Bertz CT molecular complexity index is 586. The molecule has 2 rings (SSSR count). The fraction of sp³-hybridized carbons (Fsp3) is 0.667. The van der Waals surface area contributed by atoms with Crippen LogP contribution in [-0.2, 0) is 22.4 Å². The second-order valence-corrected chi connectivity index (χ2v) is 8.66. The number of fused-ring (bicyclic) bond motifs is 1. The van der Waals surface area contributed by atoms with E-state index in [1.165, 1.54) is 24.0 Å². The van der Waals surface area contributed by atoms with Crippen molar-refractivity contribution in [2.75, 3.05) is 7.11 Å². The smallest absolute Gasteiger partial charge is 0.307 e. The summed E-state index contributed by atoms with van der Waals surface area (Å²) in [5, 5.41) is 2.88. The van der Waals surface area contributed by atoms with Gasteiger partial charge in [0.15, 0.2) is 0 Å². The minimum absolute atomic E-state index is 0.0897. The van der Waals surface area contributed by atoms with Crippen LogP contribution in [0, 0.1) is 11.3 Å². The van der Waals surface area contributed by atoms with E-state index in [1.54, 1.807) is 11.3 Å². The van der Waals surface area contributed by atoms with E-state index in [1.807, 2.05) is 13.0 Å². The van der Waals surface area contributed by atoms with Crippen molar-refractivity contribution in [1.82, 2.24) is 5.32 Å². The molecule has 1 N–H and O–H groups in total. The monoisotopic (exact) mass is 337 g/mol. The Morgan fingerprint density at radius 2 is 2.13 bits per heavy atom. The summed E-state index contributed by atoms with van der Waals surface area (Å²) in [6, 6.07) is 1.81. The molecule has 0 fully saturated rings. The van der Waals surface area contributed by atoms with Crippen molar-refractivity contribution in [2.24, 2.45) is 11.3 Å². The summed E-state index contributed by atoms with van der Waals surface area (Å²) in [4.78, 5) is 25.7. The average molecular weight is 337 g/mol. The van der Waals surface area contributed by atoms with Crippen LogP contribution in [0.5, 0.6) is 0 Å². The third kappa shape index (κ3) is 4.56. The summed E-state index contributed by atoms with van der Waals surface area (Å²) in [6.45, 7) is 8.68. The summed E-state index contributed by atoms with van der Waals surface area (Å²) in [7, 11) is 1.36. The first-order valence-corrected chi connectivity index (χ1v) is 9.01. The van der Waals surface area contributed by atoms with E-state index < -0.39 is 0 Å². The number of hydrogen-bond acceptors (Lipinski definition) is 4. The highest BCUT2D eigenvalue weighted by molar-refractivity contribution is 7.14. The summed E-state index contributed by atoms with van der Waals surface area (Å²) < 4.78 is 4.63. The summed E-state index contributed by atoms with van der Waals surface area (Å²) in [5.41, 5.74) is 1.63. The second-order valence-electron chi connectivity index (χ2n) is 7.52. The first kappa shape index (κ1) is 18.0. The SMILES string of the molecule is COC(=O)CC(C)NC(=O)c1cc2c(s1)CCC(C(C)(C)C)C2. The molecule has 1 aromatic rings. The number of thiophene rings is 1. The normalized spacial score (nSPS) is 18.9. The van der Waals surface area contributed by atoms with Crippen LogP contribution >= 0.6 is 11.3 Å². The number of carbonyl (C=O) groups excluding carboxylic acids is 2. The lowest BCUT2D eigenvalue weighted by Crippen LogP contribution is -2.34. The molecule has 0 spiro atoms. The standard InChI is InChI=1S/C18H27NO3S/c1-11(8-16(20)22-5)19-17(21)15-10-12-9-13(18(2,3)4)6-7-14(12)23-15/h10-11,13H,6-9H2,1-5H3,(H,19,21). The Morgan fingerprint density at radius 1 is 1.43 bits per heavy atom. The summed E-state index contributed by atoms with van der Waals surface area (Å²) >= 11 is 1.59. The Hall–Kier alpha value is -1.36. The number of amides is 1. The third-order valence-corrected chi connectivity index (χ3v) is 5.85. The van der Waals surface area contributed by atoms with E-state index in [0.717, 1.165) is 17.7 Å². The van der Waals surface area contributed by atoms with Gasteiger partial charge in [-0.25, -0.2) is 0 Å². The predicted octanol–water partition coefficient (Wildman–Crippen LogP) is 3.58. The zero-order valence-corrected chi connectivity index (χ0v) is 15.5. The Kier molecular flexibility index (Phi) is 5.50. The molecular weight excluding hydrogens is 310 g/mol. The number of aryl methyl sites for hydroxylation is 1. The van der Waals surface area contributed by atoms with Crippen molar-refractivity contribution in [3.63, 3.8) is 0 Å². The Labute approximate surface area is 142 Å². The summed E-state index contributed by atoms with van der Waals surface area (Å²) in [6.07, 6.45) is 3.50. The van der Waals surface area contributed by atoms with E-state index in [0.29, 0.717) is 11.3 Å². The molecule has 2 unspecified atom stereocenters. The molecule has 0 saturated carbocycles. The average Bonchev–Trinajstić information content (AvgIpc) is 2.89. The maximum Gasteiger partial charge on any atom is 0.307 e. The lowest BCUT2D eigenvalue weighted by Gasteiger charge is -2.33. The number of nitrogens with one attached hydrogen (secondary N) is 1. The summed E-state index contributed by atoms with van der Waals surface area (Å²) in [5.74, 6) is 0.267. The van der Waals surface area contributed by atoms with Gasteiger partial charge in [0.2, 0.25) is 0 Å². The number of hydrogen-bond donors (Lipinski definition) is 1. The number of ether oxygens (including phenoxy) is 1. The van der Waals surface area contributed by atoms with E-state index in [9.17, 15) is 9.59 Å². The van der Waals surface area contributed by atoms with Gasteiger partial charge in [0, 0.05) is 10.9 Å². The molecule has 5 heteroatoms. The van der Waals surface area contributed by atoms with E-state index in [4.69, 9.17) is 0 Å². The Morgan fingerprint density at radius 3 is 2.74 bits per heavy atom. The lowest BCUT2D eigenvalue weighted by atomic mass is 9.72. The highest BCUT2D eigenvalue weighted by atomic mass is 32.1. The lowest BCUT2D eigenvalue weighted by molar-refractivity contribution is -0.141. The first-order valence-electron chi connectivity index (χ1n) is 8.20. The van der Waals surface area contributed by atoms with Crippen LogP contribution in [0.15, 0.2) is 6.07 Å². The van der Waals surface area contributed by atoms with Crippen molar-refractivity contribution in [1.29, 1.82) is 0 Å². The zero-order valence-electron chi connectivity index (χ0n) is 14.7. The molecule has 23 heavy (non-hydrogen) atoms. The predicted molar refractivity (Wildman–Crippen MR) is 92.9 cm³/mol. The van der Waals surface area contributed by atoms with Crippen molar-refractivity contribution in [3.8, 4) is 0 Å². The topological polar surface area (TPSA) is 55.4 Å². The fourth-order valence-electron chi connectivity index (χ4n) is 3.05. The van der Waals surface area contributed by atoms with Crippen LogP contribution in [0.3, 0.4) is 0 Å². The highest BCUT2D eigenvalue weighted by Gasteiger charge is 2.30. The molecule has 1 aromatic heterocycles. The third-order valence-electron chi connectivity index (χ3n) is 4.61. The number of rotatable bonds is 4. The molecule has 128 valence electrons. The molecular formula is C18H27NO3S. The van der Waals surface area contributed by atoms with Crippen LogP contribution < -0.4 is 5.32 Å². The minimum Gasteiger partial charge on any atom is -0.469 e. The van der Waals surface area contributed by atoms with Gasteiger partial charge in [-0.3, -0.25) is 9.59 Å². The fourth-order valence-corrected chi connectivity index (χ4v) is 4.17. The molecule has 1 heterocycles. The van der Waals surface area contributed by atoms with Crippen LogP contribution in [0.4, 0.5) is 0 Å². The first-order chi connectivity index (χ1) is 10.7. The highest BCUT2D eigenvalue weighted by Crippen LogP contribution is 2.40. The van der Waals surface area contributed by atoms with Crippen LogP contribution in [0.2, 0.25) is 0 Å². The molecule has 0 bridgehead atoms. The van der Waals surface area contributed by atoms with Crippen molar-refractivity contribution in [2.45, 2.75) is 59.4 Å². The molecule has 0 radical (unpaired) electrons. The second kappa shape index (κ2) is 7.04. The minimum atomic E-state index is -0.309. The van der Waals surface area contributed by atoms with Crippen LogP contribution in [0.1, 0.15) is 60.6 Å². The molecule has 0 saturated heterocycles. The molecule has 2 atom stereocenters. The number of esters is 1. The van der Waals surface area contributed by atoms with Gasteiger partial charge < -0.3 is 10.1 Å². The molecule has 4 nitrogen and oxygen atoms in total. The largest absolute Gasteiger partial charge is 0.469 e. The van der Waals surface area contributed by atoms with Gasteiger partial charge in [-0.15, -0.1) is 11.3 Å².